The smallest absolute Gasteiger partial charge is 0.164 e. The lowest BCUT2D eigenvalue weighted by atomic mass is 10.0. The van der Waals surface area contributed by atoms with E-state index in [9.17, 15) is 0 Å². The average molecular weight is 646 g/mol. The zero-order chi connectivity index (χ0) is 32.6. The van der Waals surface area contributed by atoms with Gasteiger partial charge in [0.1, 0.15) is 0 Å². The molecule has 0 bridgehead atoms. The maximum absolute atomic E-state index is 5.14. The molecule has 0 atom stereocenters. The summed E-state index contributed by atoms with van der Waals surface area (Å²) in [6.45, 7) is 0. The largest absolute Gasteiger partial charge is 0.226 e. The molecule has 0 aliphatic carbocycles. The fourth-order valence-electron chi connectivity index (χ4n) is 6.10. The molecule has 0 saturated carbocycles. The van der Waals surface area contributed by atoms with Gasteiger partial charge in [-0.25, -0.2) is 24.9 Å². The Hall–Kier alpha value is -6.37. The number of aromatic nitrogens is 5. The van der Waals surface area contributed by atoms with E-state index in [1.54, 1.807) is 11.3 Å². The number of rotatable bonds is 6. The van der Waals surface area contributed by atoms with Gasteiger partial charge in [-0.15, -0.1) is 11.3 Å². The Balaban J connectivity index is 1.10. The van der Waals surface area contributed by atoms with Gasteiger partial charge >= 0.3 is 0 Å². The van der Waals surface area contributed by atoms with Crippen molar-refractivity contribution in [3.05, 3.63) is 164 Å². The summed E-state index contributed by atoms with van der Waals surface area (Å²) in [5.41, 5.74) is 8.96. The van der Waals surface area contributed by atoms with Gasteiger partial charge in [-0.1, -0.05) is 152 Å². The molecule has 49 heavy (non-hydrogen) atoms. The third-order valence-electron chi connectivity index (χ3n) is 8.56. The summed E-state index contributed by atoms with van der Waals surface area (Å²) in [7, 11) is 0. The van der Waals surface area contributed by atoms with Gasteiger partial charge in [-0.05, 0) is 23.3 Å². The second-order valence-corrected chi connectivity index (χ2v) is 12.8. The lowest BCUT2D eigenvalue weighted by Gasteiger charge is -2.10. The highest BCUT2D eigenvalue weighted by Gasteiger charge is 2.17. The van der Waals surface area contributed by atoms with Crippen LogP contribution in [0.15, 0.2) is 164 Å². The predicted octanol–water partition coefficient (Wildman–Crippen LogP) is 11.0. The van der Waals surface area contributed by atoms with Gasteiger partial charge in [-0.2, -0.15) is 0 Å². The van der Waals surface area contributed by atoms with Gasteiger partial charge in [0.25, 0.3) is 0 Å². The van der Waals surface area contributed by atoms with Crippen LogP contribution in [0.25, 0.3) is 88.2 Å². The standard InChI is InChI=1S/C43H27N5S/c1-4-13-29(14-5-1)37-39-38(35-21-10-11-22-36(35)49-39)45-40(44-37)32-25-23-28(24-26-32)33-19-12-20-34(27-33)43-47-41(30-15-6-2-7-16-30)46-42(48-43)31-17-8-3-9-18-31/h1-27H. The van der Waals surface area contributed by atoms with Crippen LogP contribution in [0.3, 0.4) is 0 Å². The minimum absolute atomic E-state index is 0.629. The summed E-state index contributed by atoms with van der Waals surface area (Å²) in [5, 5.41) is 1.15. The van der Waals surface area contributed by atoms with E-state index in [2.05, 4.69) is 97.1 Å². The third kappa shape index (κ3) is 5.54. The molecule has 0 spiro atoms. The molecule has 3 aromatic heterocycles. The summed E-state index contributed by atoms with van der Waals surface area (Å²) < 4.78 is 2.31. The quantitative estimate of drug-likeness (QED) is 0.180. The van der Waals surface area contributed by atoms with Crippen molar-refractivity contribution in [2.24, 2.45) is 0 Å². The van der Waals surface area contributed by atoms with E-state index in [-0.39, 0.29) is 0 Å². The molecule has 5 nitrogen and oxygen atoms in total. The van der Waals surface area contributed by atoms with Gasteiger partial charge < -0.3 is 0 Å². The van der Waals surface area contributed by atoms with Crippen LogP contribution < -0.4 is 0 Å². The van der Waals surface area contributed by atoms with Gasteiger partial charge in [0.2, 0.25) is 0 Å². The predicted molar refractivity (Wildman–Crippen MR) is 201 cm³/mol. The molecule has 0 fully saturated rings. The van der Waals surface area contributed by atoms with Crippen molar-refractivity contribution in [1.29, 1.82) is 0 Å². The van der Waals surface area contributed by atoms with Crippen LogP contribution in [-0.4, -0.2) is 24.9 Å². The normalized spacial score (nSPS) is 11.3. The number of hydrogen-bond donors (Lipinski definition) is 0. The highest BCUT2D eigenvalue weighted by molar-refractivity contribution is 7.26. The first-order chi connectivity index (χ1) is 24.3. The molecule has 6 heteroatoms. The van der Waals surface area contributed by atoms with Gasteiger partial charge in [0, 0.05) is 37.9 Å². The van der Waals surface area contributed by atoms with Crippen LogP contribution in [-0.2, 0) is 0 Å². The van der Waals surface area contributed by atoms with E-state index < -0.39 is 0 Å². The molecule has 6 aromatic carbocycles. The van der Waals surface area contributed by atoms with Crippen molar-refractivity contribution in [3.8, 4) is 67.9 Å². The van der Waals surface area contributed by atoms with E-state index in [1.807, 2.05) is 66.7 Å². The fourth-order valence-corrected chi connectivity index (χ4v) is 7.25. The van der Waals surface area contributed by atoms with Crippen LogP contribution in [0.1, 0.15) is 0 Å². The molecule has 9 aromatic rings. The van der Waals surface area contributed by atoms with E-state index in [4.69, 9.17) is 24.9 Å². The Bertz CT molecular complexity index is 2530. The van der Waals surface area contributed by atoms with E-state index in [1.165, 1.54) is 4.70 Å². The first kappa shape index (κ1) is 28.8. The number of hydrogen-bond acceptors (Lipinski definition) is 6. The Kier molecular flexibility index (Phi) is 7.26. The van der Waals surface area contributed by atoms with Crippen LogP contribution in [0.2, 0.25) is 0 Å². The van der Waals surface area contributed by atoms with Crippen molar-refractivity contribution < 1.29 is 0 Å². The van der Waals surface area contributed by atoms with Gasteiger partial charge in [-0.3, -0.25) is 0 Å². The lowest BCUT2D eigenvalue weighted by molar-refractivity contribution is 1.07. The van der Waals surface area contributed by atoms with Crippen molar-refractivity contribution in [1.82, 2.24) is 24.9 Å². The molecule has 9 rings (SSSR count). The second kappa shape index (κ2) is 12.3. The second-order valence-electron chi connectivity index (χ2n) is 11.7. The number of nitrogens with zero attached hydrogens (tertiary/aromatic N) is 5. The lowest BCUT2D eigenvalue weighted by Crippen LogP contribution is -2.00. The van der Waals surface area contributed by atoms with E-state index in [0.29, 0.717) is 23.3 Å². The SMILES string of the molecule is c1ccc(-c2nc(-c3ccccc3)nc(-c3cccc(-c4ccc(-c5nc(-c6ccccc6)c6sc7ccccc7c6n5)cc4)c3)n2)cc1. The van der Waals surface area contributed by atoms with Crippen LogP contribution in [0.4, 0.5) is 0 Å². The molecular weight excluding hydrogens is 619 g/mol. The minimum Gasteiger partial charge on any atom is -0.226 e. The zero-order valence-corrected chi connectivity index (χ0v) is 27.0. The Morgan fingerprint density at radius 3 is 1.45 bits per heavy atom. The Morgan fingerprint density at radius 2 is 0.796 bits per heavy atom. The Labute approximate surface area is 287 Å². The van der Waals surface area contributed by atoms with Crippen molar-refractivity contribution in [2.45, 2.75) is 0 Å². The maximum atomic E-state index is 5.14. The number of fused-ring (bicyclic) bond motifs is 3. The molecule has 0 saturated heterocycles. The summed E-state index contributed by atoms with van der Waals surface area (Å²) in [5.74, 6) is 2.63. The van der Waals surface area contributed by atoms with Crippen LogP contribution >= 0.6 is 11.3 Å². The first-order valence-corrected chi connectivity index (χ1v) is 16.9. The minimum atomic E-state index is 0.629. The summed E-state index contributed by atoms with van der Waals surface area (Å²) in [4.78, 5) is 24.9. The molecule has 0 aliphatic heterocycles. The maximum Gasteiger partial charge on any atom is 0.164 e. The van der Waals surface area contributed by atoms with Gasteiger partial charge in [0.15, 0.2) is 23.3 Å². The molecule has 3 heterocycles. The molecule has 0 unspecified atom stereocenters. The monoisotopic (exact) mass is 645 g/mol. The number of benzene rings is 6. The summed E-state index contributed by atoms with van der Waals surface area (Å²) in [6.07, 6.45) is 0. The first-order valence-electron chi connectivity index (χ1n) is 16.1. The fraction of sp³-hybridized carbons (Fsp3) is 0. The van der Waals surface area contributed by atoms with Crippen molar-refractivity contribution in [2.75, 3.05) is 0 Å². The molecule has 0 amide bonds. The van der Waals surface area contributed by atoms with Crippen molar-refractivity contribution in [3.63, 3.8) is 0 Å². The topological polar surface area (TPSA) is 64.5 Å². The average Bonchev–Trinajstić information content (AvgIpc) is 3.57. The van der Waals surface area contributed by atoms with Crippen LogP contribution in [0, 0.1) is 0 Å². The summed E-state index contributed by atoms with van der Waals surface area (Å²) in [6, 6.07) is 55.8. The van der Waals surface area contributed by atoms with Gasteiger partial charge in [0.05, 0.1) is 15.9 Å². The molecule has 0 radical (unpaired) electrons. The highest BCUT2D eigenvalue weighted by Crippen LogP contribution is 2.39. The molecule has 230 valence electrons. The third-order valence-corrected chi connectivity index (χ3v) is 9.73. The highest BCUT2D eigenvalue weighted by atomic mass is 32.1. The van der Waals surface area contributed by atoms with Crippen molar-refractivity contribution >= 4 is 31.6 Å². The molecule has 0 aliphatic rings. The van der Waals surface area contributed by atoms with Crippen LogP contribution in [0.5, 0.6) is 0 Å². The van der Waals surface area contributed by atoms with E-state index in [0.717, 1.165) is 60.2 Å². The Morgan fingerprint density at radius 1 is 0.327 bits per heavy atom. The summed E-state index contributed by atoms with van der Waals surface area (Å²) >= 11 is 1.75. The molecule has 0 N–H and O–H groups in total. The molecular formula is C43H27N5S. The van der Waals surface area contributed by atoms with E-state index >= 15 is 0 Å². The number of thiophene rings is 1. The zero-order valence-electron chi connectivity index (χ0n) is 26.2.